The number of rotatable bonds is 3. The van der Waals surface area contributed by atoms with Gasteiger partial charge in [-0.2, -0.15) is 18.2 Å². The Balaban J connectivity index is 1.90. The molecular weight excluding hydrogens is 363 g/mol. The second-order valence-corrected chi connectivity index (χ2v) is 6.95. The molecule has 0 amide bonds. The van der Waals surface area contributed by atoms with Gasteiger partial charge in [0.2, 0.25) is 5.95 Å². The fraction of sp³-hybridized carbons (Fsp3) is 0.429. The van der Waals surface area contributed by atoms with Gasteiger partial charge in [0, 0.05) is 36.8 Å². The van der Waals surface area contributed by atoms with Crippen molar-refractivity contribution in [1.82, 2.24) is 14.9 Å². The van der Waals surface area contributed by atoms with Crippen molar-refractivity contribution < 1.29 is 13.2 Å². The van der Waals surface area contributed by atoms with E-state index in [9.17, 15) is 13.2 Å². The number of nitrogens with zero attached hydrogens (tertiary/aromatic N) is 3. The van der Waals surface area contributed by atoms with E-state index in [1.165, 1.54) is 23.3 Å². The minimum atomic E-state index is -4.51. The molecule has 3 heterocycles. The first-order valence-corrected chi connectivity index (χ1v) is 8.36. The third-order valence-corrected chi connectivity index (χ3v) is 5.47. The number of anilines is 3. The van der Waals surface area contributed by atoms with Gasteiger partial charge in [-0.25, -0.2) is 4.98 Å². The van der Waals surface area contributed by atoms with Gasteiger partial charge in [0.25, 0.3) is 0 Å². The molecular formula is C14H15ClF3N5S. The van der Waals surface area contributed by atoms with Gasteiger partial charge in [0.1, 0.15) is 16.4 Å². The highest BCUT2D eigenvalue weighted by molar-refractivity contribution is 7.17. The van der Waals surface area contributed by atoms with Crippen LogP contribution in [0.15, 0.2) is 6.20 Å². The molecule has 0 bridgehead atoms. The average Bonchev–Trinajstić information content (AvgIpc) is 2.82. The van der Waals surface area contributed by atoms with Crippen molar-refractivity contribution in [2.75, 3.05) is 31.3 Å². The van der Waals surface area contributed by atoms with Crippen molar-refractivity contribution in [3.63, 3.8) is 0 Å². The summed E-state index contributed by atoms with van der Waals surface area (Å²) >= 11 is 7.89. The molecule has 0 atom stereocenters. The lowest BCUT2D eigenvalue weighted by atomic mass is 10.1. The van der Waals surface area contributed by atoms with Crippen LogP contribution in [0, 0.1) is 0 Å². The Morgan fingerprint density at radius 3 is 2.79 bits per heavy atom. The predicted octanol–water partition coefficient (Wildman–Crippen LogP) is 3.98. The molecule has 0 fully saturated rings. The van der Waals surface area contributed by atoms with Crippen molar-refractivity contribution >= 4 is 39.7 Å². The molecule has 0 aromatic carbocycles. The van der Waals surface area contributed by atoms with Crippen LogP contribution in [0.4, 0.5) is 29.9 Å². The molecule has 24 heavy (non-hydrogen) atoms. The normalized spacial score (nSPS) is 15.2. The summed E-state index contributed by atoms with van der Waals surface area (Å²) in [6, 6.07) is 0. The van der Waals surface area contributed by atoms with Crippen LogP contribution in [0.3, 0.4) is 0 Å². The van der Waals surface area contributed by atoms with E-state index >= 15 is 0 Å². The van der Waals surface area contributed by atoms with E-state index in [-0.39, 0.29) is 11.8 Å². The number of hydrogen-bond acceptors (Lipinski definition) is 6. The summed E-state index contributed by atoms with van der Waals surface area (Å²) in [4.78, 5) is 11.0. The van der Waals surface area contributed by atoms with E-state index in [1.54, 1.807) is 0 Å². The zero-order valence-corrected chi connectivity index (χ0v) is 14.5. The van der Waals surface area contributed by atoms with Crippen LogP contribution >= 0.6 is 22.9 Å². The van der Waals surface area contributed by atoms with Crippen LogP contribution in [0.1, 0.15) is 16.0 Å². The van der Waals surface area contributed by atoms with Crippen LogP contribution in [0.5, 0.6) is 0 Å². The standard InChI is InChI=1S/C14H15ClF3N5S/c1-19-11-8(14(16,17)18)5-20-13(21-11)22-12-10(15)7-6-23(2)4-3-9(7)24-12/h5H,3-4,6H2,1-2H3,(H2,19,20,21,22). The molecule has 1 aliphatic heterocycles. The maximum atomic E-state index is 12.9. The minimum Gasteiger partial charge on any atom is -0.372 e. The number of hydrogen-bond donors (Lipinski definition) is 2. The van der Waals surface area contributed by atoms with Gasteiger partial charge in [0.05, 0.1) is 5.02 Å². The third kappa shape index (κ3) is 3.28. The summed E-state index contributed by atoms with van der Waals surface area (Å²) in [6.45, 7) is 1.70. The van der Waals surface area contributed by atoms with Gasteiger partial charge >= 0.3 is 6.18 Å². The average molecular weight is 378 g/mol. The molecule has 0 saturated heterocycles. The highest BCUT2D eigenvalue weighted by Gasteiger charge is 2.35. The molecule has 0 spiro atoms. The van der Waals surface area contributed by atoms with E-state index in [1.807, 2.05) is 7.05 Å². The minimum absolute atomic E-state index is 0.0706. The maximum Gasteiger partial charge on any atom is 0.421 e. The molecule has 2 aromatic rings. The third-order valence-electron chi connectivity index (χ3n) is 3.73. The fourth-order valence-corrected chi connectivity index (χ4v) is 3.99. The van der Waals surface area contributed by atoms with Gasteiger partial charge in [-0.15, -0.1) is 11.3 Å². The number of alkyl halides is 3. The number of aromatic nitrogens is 2. The monoisotopic (exact) mass is 377 g/mol. The Hall–Kier alpha value is -1.58. The number of likely N-dealkylation sites (N-methyl/N-ethyl adjacent to an activating group) is 1. The second kappa shape index (κ2) is 6.38. The Kier molecular flexibility index (Phi) is 4.58. The summed E-state index contributed by atoms with van der Waals surface area (Å²) in [5.74, 6) is -0.210. The Morgan fingerprint density at radius 1 is 1.38 bits per heavy atom. The molecule has 130 valence electrons. The zero-order chi connectivity index (χ0) is 17.5. The molecule has 10 heteroatoms. The Morgan fingerprint density at radius 2 is 2.12 bits per heavy atom. The lowest BCUT2D eigenvalue weighted by molar-refractivity contribution is -0.137. The molecule has 2 aromatic heterocycles. The van der Waals surface area contributed by atoms with Crippen LogP contribution in [-0.2, 0) is 19.1 Å². The summed E-state index contributed by atoms with van der Waals surface area (Å²) in [5.41, 5.74) is 0.146. The van der Waals surface area contributed by atoms with Gasteiger partial charge in [-0.05, 0) is 13.5 Å². The first-order valence-electron chi connectivity index (χ1n) is 7.17. The van der Waals surface area contributed by atoms with Crippen LogP contribution in [0.2, 0.25) is 5.02 Å². The largest absolute Gasteiger partial charge is 0.421 e. The SMILES string of the molecule is CNc1nc(Nc2sc3c(c2Cl)CN(C)CC3)ncc1C(F)(F)F. The second-order valence-electron chi connectivity index (χ2n) is 5.46. The van der Waals surface area contributed by atoms with Crippen LogP contribution in [0.25, 0.3) is 0 Å². The maximum absolute atomic E-state index is 12.9. The van der Waals surface area contributed by atoms with Crippen LogP contribution in [-0.4, -0.2) is 35.5 Å². The predicted molar refractivity (Wildman–Crippen MR) is 89.2 cm³/mol. The summed E-state index contributed by atoms with van der Waals surface area (Å²) in [5, 5.41) is 6.62. The lowest BCUT2D eigenvalue weighted by Crippen LogP contribution is -2.25. The van der Waals surface area contributed by atoms with Crippen molar-refractivity contribution in [2.45, 2.75) is 19.1 Å². The number of thiophene rings is 1. The van der Waals surface area contributed by atoms with Gasteiger partial charge in [-0.1, -0.05) is 11.6 Å². The number of halogens is 4. The molecule has 1 aliphatic rings. The van der Waals surface area contributed by atoms with Gasteiger partial charge < -0.3 is 15.5 Å². The molecule has 0 saturated carbocycles. The zero-order valence-electron chi connectivity index (χ0n) is 13.0. The molecule has 5 nitrogen and oxygen atoms in total. The Labute approximate surface area is 145 Å². The van der Waals surface area contributed by atoms with Gasteiger partial charge in [0.15, 0.2) is 0 Å². The first-order chi connectivity index (χ1) is 11.3. The van der Waals surface area contributed by atoms with E-state index in [0.717, 1.165) is 31.3 Å². The van der Waals surface area contributed by atoms with E-state index in [2.05, 4.69) is 25.5 Å². The molecule has 2 N–H and O–H groups in total. The van der Waals surface area contributed by atoms with E-state index in [4.69, 9.17) is 11.6 Å². The lowest BCUT2D eigenvalue weighted by Gasteiger charge is -2.22. The highest BCUT2D eigenvalue weighted by Crippen LogP contribution is 2.41. The highest BCUT2D eigenvalue weighted by atomic mass is 35.5. The number of fused-ring (bicyclic) bond motifs is 1. The van der Waals surface area contributed by atoms with Gasteiger partial charge in [-0.3, -0.25) is 0 Å². The smallest absolute Gasteiger partial charge is 0.372 e. The Bertz CT molecular complexity index is 762. The molecule has 0 aliphatic carbocycles. The summed E-state index contributed by atoms with van der Waals surface area (Å²) in [7, 11) is 3.40. The van der Waals surface area contributed by atoms with Crippen molar-refractivity contribution in [3.05, 3.63) is 27.2 Å². The summed E-state index contributed by atoms with van der Waals surface area (Å²) < 4.78 is 38.7. The van der Waals surface area contributed by atoms with E-state index < -0.39 is 11.7 Å². The molecule has 0 unspecified atom stereocenters. The van der Waals surface area contributed by atoms with Crippen molar-refractivity contribution in [1.29, 1.82) is 0 Å². The quantitative estimate of drug-likeness (QED) is 0.847. The summed E-state index contributed by atoms with van der Waals surface area (Å²) in [6.07, 6.45) is -2.86. The topological polar surface area (TPSA) is 53.1 Å². The molecule has 3 rings (SSSR count). The van der Waals surface area contributed by atoms with Crippen LogP contribution < -0.4 is 10.6 Å². The fourth-order valence-electron chi connectivity index (χ4n) is 2.51. The van der Waals surface area contributed by atoms with Crippen molar-refractivity contribution in [2.24, 2.45) is 0 Å². The number of nitrogens with one attached hydrogen (secondary N) is 2. The van der Waals surface area contributed by atoms with E-state index in [0.29, 0.717) is 10.0 Å². The first kappa shape index (κ1) is 17.2. The molecule has 0 radical (unpaired) electrons. The van der Waals surface area contributed by atoms with Crippen molar-refractivity contribution in [3.8, 4) is 0 Å².